The lowest BCUT2D eigenvalue weighted by molar-refractivity contribution is 0.476. The van der Waals surface area contributed by atoms with Crippen LogP contribution in [0.1, 0.15) is 19.4 Å². The number of phenols is 1. The first kappa shape index (κ1) is 12.4. The van der Waals surface area contributed by atoms with E-state index in [-0.39, 0.29) is 11.8 Å². The molecule has 0 heterocycles. The Morgan fingerprint density at radius 3 is 2.39 bits per heavy atom. The quantitative estimate of drug-likeness (QED) is 0.810. The van der Waals surface area contributed by atoms with Crippen molar-refractivity contribution < 1.29 is 5.11 Å². The van der Waals surface area contributed by atoms with Gasteiger partial charge in [-0.3, -0.25) is 4.99 Å². The maximum absolute atomic E-state index is 10.3. The highest BCUT2D eigenvalue weighted by Crippen LogP contribution is 2.31. The fraction of sp³-hybridized carbons (Fsp3) is 0.188. The lowest BCUT2D eigenvalue weighted by Crippen LogP contribution is -1.92. The van der Waals surface area contributed by atoms with Gasteiger partial charge in [-0.05, 0) is 25.5 Å². The molecule has 18 heavy (non-hydrogen) atoms. The van der Waals surface area contributed by atoms with Crippen molar-refractivity contribution in [2.24, 2.45) is 4.99 Å². The van der Waals surface area contributed by atoms with Crippen LogP contribution in [-0.4, -0.2) is 17.4 Å². The van der Waals surface area contributed by atoms with E-state index in [9.17, 15) is 5.11 Å². The van der Waals surface area contributed by atoms with Gasteiger partial charge in [0.25, 0.3) is 0 Å². The summed E-state index contributed by atoms with van der Waals surface area (Å²) in [4.78, 5) is 4.31. The number of nitrogens with zero attached hydrogens (tertiary/aromatic N) is 1. The molecule has 0 fully saturated rings. The Morgan fingerprint density at radius 2 is 1.72 bits per heavy atom. The fourth-order valence-corrected chi connectivity index (χ4v) is 1.75. The highest BCUT2D eigenvalue weighted by molar-refractivity contribution is 5.88. The molecule has 0 aliphatic heterocycles. The Hall–Kier alpha value is -2.09. The zero-order valence-corrected chi connectivity index (χ0v) is 10.7. The van der Waals surface area contributed by atoms with Gasteiger partial charge >= 0.3 is 0 Å². The van der Waals surface area contributed by atoms with E-state index in [1.54, 1.807) is 6.21 Å². The normalized spacial score (nSPS) is 11.3. The summed E-state index contributed by atoms with van der Waals surface area (Å²) in [6, 6.07) is 15.8. The monoisotopic (exact) mass is 239 g/mol. The number of hydrogen-bond donors (Lipinski definition) is 1. The van der Waals surface area contributed by atoms with Gasteiger partial charge in [0, 0.05) is 23.4 Å². The van der Waals surface area contributed by atoms with Crippen molar-refractivity contribution >= 4 is 6.21 Å². The lowest BCUT2D eigenvalue weighted by atomic mass is 10.0. The van der Waals surface area contributed by atoms with Crippen LogP contribution in [0.5, 0.6) is 5.75 Å². The van der Waals surface area contributed by atoms with Gasteiger partial charge in [-0.1, -0.05) is 42.5 Å². The maximum Gasteiger partial charge on any atom is 0.132 e. The number of rotatable bonds is 3. The summed E-state index contributed by atoms with van der Waals surface area (Å²) in [6.45, 7) is 4.02. The highest BCUT2D eigenvalue weighted by Gasteiger charge is 2.06. The van der Waals surface area contributed by atoms with Gasteiger partial charge in [-0.15, -0.1) is 0 Å². The molecule has 0 amide bonds. The van der Waals surface area contributed by atoms with Gasteiger partial charge in [-0.25, -0.2) is 0 Å². The summed E-state index contributed by atoms with van der Waals surface area (Å²) in [5.41, 5.74) is 2.60. The van der Waals surface area contributed by atoms with Crippen LogP contribution in [0.3, 0.4) is 0 Å². The fourth-order valence-electron chi connectivity index (χ4n) is 1.75. The molecule has 2 aromatic carbocycles. The van der Waals surface area contributed by atoms with Gasteiger partial charge < -0.3 is 5.11 Å². The van der Waals surface area contributed by atoms with Crippen LogP contribution in [-0.2, 0) is 0 Å². The lowest BCUT2D eigenvalue weighted by Gasteiger charge is -2.07. The smallest absolute Gasteiger partial charge is 0.132 e. The average molecular weight is 239 g/mol. The second kappa shape index (κ2) is 5.50. The molecule has 92 valence electrons. The minimum Gasteiger partial charge on any atom is -0.507 e. The van der Waals surface area contributed by atoms with Crippen molar-refractivity contribution in [1.82, 2.24) is 0 Å². The number of benzene rings is 2. The van der Waals surface area contributed by atoms with E-state index < -0.39 is 0 Å². The number of aromatic hydroxyl groups is 1. The molecule has 0 saturated carbocycles. The Morgan fingerprint density at radius 1 is 1.00 bits per heavy atom. The first-order valence-electron chi connectivity index (χ1n) is 6.09. The summed E-state index contributed by atoms with van der Waals surface area (Å²) in [5.74, 6) is 0.285. The molecule has 0 radical (unpaired) electrons. The maximum atomic E-state index is 10.3. The van der Waals surface area contributed by atoms with Crippen LogP contribution < -0.4 is 0 Å². The number of aliphatic imine (C=N–C) groups is 1. The minimum absolute atomic E-state index is 0.227. The molecule has 0 aliphatic rings. The predicted molar refractivity (Wildman–Crippen MR) is 76.3 cm³/mol. The molecule has 0 aromatic heterocycles. The molecule has 2 rings (SSSR count). The van der Waals surface area contributed by atoms with Crippen molar-refractivity contribution in [2.75, 3.05) is 0 Å². The molecular formula is C16H17NO. The van der Waals surface area contributed by atoms with Crippen LogP contribution in [0, 0.1) is 0 Å². The zero-order chi connectivity index (χ0) is 13.0. The minimum atomic E-state index is 0.227. The summed E-state index contributed by atoms with van der Waals surface area (Å²) in [5, 5.41) is 10.3. The van der Waals surface area contributed by atoms with Gasteiger partial charge in [0.15, 0.2) is 0 Å². The zero-order valence-electron chi connectivity index (χ0n) is 10.7. The van der Waals surface area contributed by atoms with Crippen LogP contribution in [0.4, 0.5) is 0 Å². The van der Waals surface area contributed by atoms with Crippen LogP contribution >= 0.6 is 0 Å². The third-order valence-corrected chi connectivity index (χ3v) is 2.66. The summed E-state index contributed by atoms with van der Waals surface area (Å²) in [7, 11) is 0. The Kier molecular flexibility index (Phi) is 3.78. The largest absolute Gasteiger partial charge is 0.507 e. The third kappa shape index (κ3) is 2.77. The highest BCUT2D eigenvalue weighted by atomic mass is 16.3. The second-order valence-electron chi connectivity index (χ2n) is 4.48. The molecular weight excluding hydrogens is 222 g/mol. The summed E-state index contributed by atoms with van der Waals surface area (Å²) in [6.07, 6.45) is 1.73. The van der Waals surface area contributed by atoms with Crippen molar-refractivity contribution in [1.29, 1.82) is 0 Å². The first-order valence-corrected chi connectivity index (χ1v) is 6.09. The molecule has 0 spiro atoms. The topological polar surface area (TPSA) is 32.6 Å². The van der Waals surface area contributed by atoms with Gasteiger partial charge in [0.2, 0.25) is 0 Å². The standard InChI is InChI=1S/C16H17NO/c1-12(2)17-11-14-9-6-10-15(16(14)18)13-7-4-3-5-8-13/h3-12,18H,1-2H3. The van der Waals surface area contributed by atoms with Gasteiger partial charge in [-0.2, -0.15) is 0 Å². The van der Waals surface area contributed by atoms with E-state index >= 15 is 0 Å². The SMILES string of the molecule is CC(C)N=Cc1cccc(-c2ccccc2)c1O. The molecule has 1 N–H and O–H groups in total. The second-order valence-corrected chi connectivity index (χ2v) is 4.48. The Balaban J connectivity index is 2.43. The summed E-state index contributed by atoms with van der Waals surface area (Å²) < 4.78 is 0. The van der Waals surface area contributed by atoms with E-state index in [1.807, 2.05) is 62.4 Å². The van der Waals surface area contributed by atoms with Crippen LogP contribution in [0.25, 0.3) is 11.1 Å². The van der Waals surface area contributed by atoms with E-state index in [2.05, 4.69) is 4.99 Å². The van der Waals surface area contributed by atoms with Gasteiger partial charge in [0.05, 0.1) is 0 Å². The Bertz CT molecular complexity index is 544. The van der Waals surface area contributed by atoms with E-state index in [4.69, 9.17) is 0 Å². The predicted octanol–water partition coefficient (Wildman–Crippen LogP) is 3.89. The molecule has 0 bridgehead atoms. The van der Waals surface area contributed by atoms with E-state index in [0.29, 0.717) is 0 Å². The van der Waals surface area contributed by atoms with E-state index in [1.165, 1.54) is 0 Å². The van der Waals surface area contributed by atoms with Crippen molar-refractivity contribution in [3.63, 3.8) is 0 Å². The van der Waals surface area contributed by atoms with Crippen molar-refractivity contribution in [2.45, 2.75) is 19.9 Å². The molecule has 2 aromatic rings. The van der Waals surface area contributed by atoms with Crippen LogP contribution in [0.2, 0.25) is 0 Å². The average Bonchev–Trinajstić information content (AvgIpc) is 2.38. The number of hydrogen-bond acceptors (Lipinski definition) is 2. The molecule has 2 heteroatoms. The molecule has 0 aliphatic carbocycles. The third-order valence-electron chi connectivity index (χ3n) is 2.66. The molecule has 0 atom stereocenters. The van der Waals surface area contributed by atoms with Crippen LogP contribution in [0.15, 0.2) is 53.5 Å². The molecule has 2 nitrogen and oxygen atoms in total. The number of phenolic OH excluding ortho intramolecular Hbond substituents is 1. The van der Waals surface area contributed by atoms with Gasteiger partial charge in [0.1, 0.15) is 5.75 Å². The first-order chi connectivity index (χ1) is 8.68. The van der Waals surface area contributed by atoms with Crippen molar-refractivity contribution in [3.05, 3.63) is 54.1 Å². The van der Waals surface area contributed by atoms with Crippen molar-refractivity contribution in [3.8, 4) is 16.9 Å². The Labute approximate surface area is 108 Å². The molecule has 0 unspecified atom stereocenters. The van der Waals surface area contributed by atoms with E-state index in [0.717, 1.165) is 16.7 Å². The summed E-state index contributed by atoms with van der Waals surface area (Å²) >= 11 is 0. The molecule has 0 saturated heterocycles. The number of para-hydroxylation sites is 1.